The number of rotatable bonds is 8. The van der Waals surface area contributed by atoms with Gasteiger partial charge in [-0.3, -0.25) is 4.79 Å². The molecule has 0 aliphatic heterocycles. The van der Waals surface area contributed by atoms with E-state index in [1.807, 2.05) is 13.0 Å². The first kappa shape index (κ1) is 24.6. The molecular formula is C26H28N2O6. The minimum Gasteiger partial charge on any atom is -0.495 e. The Bertz CT molecular complexity index is 1200. The highest BCUT2D eigenvalue weighted by Gasteiger charge is 2.30. The van der Waals surface area contributed by atoms with Gasteiger partial charge in [0.1, 0.15) is 11.4 Å². The number of carbonyl (C=O) groups excluding carboxylic acids is 3. The Morgan fingerprint density at radius 3 is 2.35 bits per heavy atom. The first-order chi connectivity index (χ1) is 16.3. The summed E-state index contributed by atoms with van der Waals surface area (Å²) in [6.07, 6.45) is -1.24. The van der Waals surface area contributed by atoms with Crippen LogP contribution in [0.25, 0.3) is 0 Å². The molecular weight excluding hydrogens is 436 g/mol. The Hall–Kier alpha value is -4.07. The van der Waals surface area contributed by atoms with Crippen molar-refractivity contribution in [2.45, 2.75) is 33.8 Å². The summed E-state index contributed by atoms with van der Waals surface area (Å²) >= 11 is 0. The lowest BCUT2D eigenvalue weighted by molar-refractivity contribution is -0.125. The smallest absolute Gasteiger partial charge is 0.355 e. The van der Waals surface area contributed by atoms with Gasteiger partial charge in [0, 0.05) is 11.3 Å². The zero-order valence-corrected chi connectivity index (χ0v) is 19.9. The van der Waals surface area contributed by atoms with Gasteiger partial charge >= 0.3 is 11.9 Å². The molecule has 0 aliphatic rings. The number of aromatic nitrogens is 1. The Kier molecular flexibility index (Phi) is 7.73. The number of anilines is 1. The average molecular weight is 465 g/mol. The van der Waals surface area contributed by atoms with Crippen molar-refractivity contribution in [2.75, 3.05) is 19.0 Å². The summed E-state index contributed by atoms with van der Waals surface area (Å²) in [5.74, 6) is -1.36. The van der Waals surface area contributed by atoms with Crippen molar-refractivity contribution in [1.82, 2.24) is 4.98 Å². The Morgan fingerprint density at radius 2 is 1.71 bits per heavy atom. The number of nitrogens with one attached hydrogen (secondary N) is 2. The van der Waals surface area contributed by atoms with Crippen LogP contribution in [0.3, 0.4) is 0 Å². The average Bonchev–Trinajstić information content (AvgIpc) is 3.12. The second kappa shape index (κ2) is 10.7. The van der Waals surface area contributed by atoms with Gasteiger partial charge < -0.3 is 24.5 Å². The zero-order chi connectivity index (χ0) is 24.8. The van der Waals surface area contributed by atoms with Crippen molar-refractivity contribution < 1.29 is 28.6 Å². The van der Waals surface area contributed by atoms with Crippen molar-refractivity contribution in [2.24, 2.45) is 0 Å². The lowest BCUT2D eigenvalue weighted by atomic mass is 10.1. The molecule has 1 unspecified atom stereocenters. The van der Waals surface area contributed by atoms with Gasteiger partial charge in [0.25, 0.3) is 5.91 Å². The predicted octanol–water partition coefficient (Wildman–Crippen LogP) is 4.66. The Balaban J connectivity index is 1.93. The van der Waals surface area contributed by atoms with Crippen LogP contribution in [0, 0.1) is 20.8 Å². The van der Waals surface area contributed by atoms with E-state index in [4.69, 9.17) is 14.2 Å². The van der Waals surface area contributed by atoms with Crippen molar-refractivity contribution in [3.8, 4) is 5.75 Å². The van der Waals surface area contributed by atoms with Crippen molar-refractivity contribution in [1.29, 1.82) is 0 Å². The summed E-state index contributed by atoms with van der Waals surface area (Å²) in [4.78, 5) is 41.6. The second-order valence-electron chi connectivity index (χ2n) is 7.73. The highest BCUT2D eigenvalue weighted by Crippen LogP contribution is 2.29. The van der Waals surface area contributed by atoms with Gasteiger partial charge in [0.05, 0.1) is 25.0 Å². The topological polar surface area (TPSA) is 107 Å². The largest absolute Gasteiger partial charge is 0.495 e. The number of benzene rings is 2. The fourth-order valence-electron chi connectivity index (χ4n) is 3.65. The summed E-state index contributed by atoms with van der Waals surface area (Å²) < 4.78 is 16.1. The van der Waals surface area contributed by atoms with Crippen LogP contribution < -0.4 is 10.1 Å². The number of aromatic amines is 1. The molecule has 3 rings (SSSR count). The van der Waals surface area contributed by atoms with E-state index in [2.05, 4.69) is 10.3 Å². The maximum atomic E-state index is 13.3. The van der Waals surface area contributed by atoms with Crippen LogP contribution in [-0.4, -0.2) is 36.5 Å². The maximum Gasteiger partial charge on any atom is 0.355 e. The summed E-state index contributed by atoms with van der Waals surface area (Å²) in [7, 11) is 1.51. The van der Waals surface area contributed by atoms with Gasteiger partial charge in [0.2, 0.25) is 6.10 Å². The van der Waals surface area contributed by atoms with Gasteiger partial charge in [-0.1, -0.05) is 36.4 Å². The molecule has 34 heavy (non-hydrogen) atoms. The molecule has 2 N–H and O–H groups in total. The number of esters is 2. The van der Waals surface area contributed by atoms with Gasteiger partial charge in [0.15, 0.2) is 0 Å². The van der Waals surface area contributed by atoms with Crippen LogP contribution in [0.1, 0.15) is 56.3 Å². The van der Waals surface area contributed by atoms with Crippen LogP contribution in [0.15, 0.2) is 48.5 Å². The third-order valence-corrected chi connectivity index (χ3v) is 5.30. The number of aryl methyl sites for hydroxylation is 2. The molecule has 0 radical (unpaired) electrons. The number of H-pyrrole nitrogens is 1. The van der Waals surface area contributed by atoms with E-state index in [0.717, 1.165) is 5.56 Å². The molecule has 2 aromatic carbocycles. The van der Waals surface area contributed by atoms with Gasteiger partial charge in [-0.2, -0.15) is 0 Å². The molecule has 3 aromatic rings. The monoisotopic (exact) mass is 464 g/mol. The van der Waals surface area contributed by atoms with E-state index in [-0.39, 0.29) is 17.9 Å². The van der Waals surface area contributed by atoms with E-state index in [1.54, 1.807) is 63.2 Å². The minimum absolute atomic E-state index is 0.177. The third kappa shape index (κ3) is 5.28. The molecule has 178 valence electrons. The van der Waals surface area contributed by atoms with Crippen molar-refractivity contribution in [3.63, 3.8) is 0 Å². The van der Waals surface area contributed by atoms with Crippen molar-refractivity contribution in [3.05, 3.63) is 82.2 Å². The summed E-state index contributed by atoms with van der Waals surface area (Å²) in [6.45, 7) is 7.07. The second-order valence-corrected chi connectivity index (χ2v) is 7.73. The molecule has 0 spiro atoms. The summed E-state index contributed by atoms with van der Waals surface area (Å²) in [5.41, 5.74) is 3.09. The fraction of sp³-hybridized carbons (Fsp3) is 0.269. The number of amides is 1. The standard InChI is InChI=1S/C26H28N2O6/c1-6-33-26(31)22-16(3)21(17(4)27-22)25(30)34-23(18-10-8-7-9-11-18)24(29)28-19-14-15(2)12-13-20(19)32-5/h7-14,23,27H,6H2,1-5H3,(H,28,29). The quantitative estimate of drug-likeness (QED) is 0.470. The van der Waals surface area contributed by atoms with Crippen LogP contribution in [0.4, 0.5) is 5.69 Å². The fourth-order valence-corrected chi connectivity index (χ4v) is 3.65. The lowest BCUT2D eigenvalue weighted by Crippen LogP contribution is -2.26. The molecule has 1 atom stereocenters. The molecule has 1 heterocycles. The van der Waals surface area contributed by atoms with E-state index < -0.39 is 23.9 Å². The van der Waals surface area contributed by atoms with Crippen LogP contribution in [0.2, 0.25) is 0 Å². The SMILES string of the molecule is CCOC(=O)c1[nH]c(C)c(C(=O)OC(C(=O)Nc2cc(C)ccc2OC)c2ccccc2)c1C. The first-order valence-electron chi connectivity index (χ1n) is 10.8. The number of hydrogen-bond donors (Lipinski definition) is 2. The van der Waals surface area contributed by atoms with E-state index in [9.17, 15) is 14.4 Å². The third-order valence-electron chi connectivity index (χ3n) is 5.30. The predicted molar refractivity (Wildman–Crippen MR) is 127 cm³/mol. The number of hydrogen-bond acceptors (Lipinski definition) is 6. The normalized spacial score (nSPS) is 11.4. The molecule has 8 nitrogen and oxygen atoms in total. The molecule has 1 aromatic heterocycles. The Morgan fingerprint density at radius 1 is 1.00 bits per heavy atom. The van der Waals surface area contributed by atoms with Gasteiger partial charge in [-0.25, -0.2) is 9.59 Å². The van der Waals surface area contributed by atoms with Gasteiger partial charge in [-0.15, -0.1) is 0 Å². The Labute approximate surface area is 198 Å². The minimum atomic E-state index is -1.24. The molecule has 0 aliphatic carbocycles. The summed E-state index contributed by atoms with van der Waals surface area (Å²) in [5, 5.41) is 2.80. The number of carbonyl (C=O) groups is 3. The van der Waals surface area contributed by atoms with Crippen LogP contribution in [-0.2, 0) is 14.3 Å². The molecule has 0 saturated carbocycles. The zero-order valence-electron chi connectivity index (χ0n) is 19.9. The highest BCUT2D eigenvalue weighted by atomic mass is 16.5. The van der Waals surface area contributed by atoms with E-state index in [1.165, 1.54) is 7.11 Å². The maximum absolute atomic E-state index is 13.3. The van der Waals surface area contributed by atoms with E-state index >= 15 is 0 Å². The van der Waals surface area contributed by atoms with Crippen molar-refractivity contribution >= 4 is 23.5 Å². The van der Waals surface area contributed by atoms with Crippen LogP contribution in [0.5, 0.6) is 5.75 Å². The molecule has 8 heteroatoms. The first-order valence-corrected chi connectivity index (χ1v) is 10.8. The molecule has 0 fully saturated rings. The molecule has 1 amide bonds. The van der Waals surface area contributed by atoms with Crippen LogP contribution >= 0.6 is 0 Å². The van der Waals surface area contributed by atoms with E-state index in [0.29, 0.717) is 28.3 Å². The number of ether oxygens (including phenoxy) is 3. The molecule has 0 bridgehead atoms. The van der Waals surface area contributed by atoms with Gasteiger partial charge in [-0.05, 0) is 51.0 Å². The molecule has 0 saturated heterocycles. The lowest BCUT2D eigenvalue weighted by Gasteiger charge is -2.19. The highest BCUT2D eigenvalue weighted by molar-refractivity contribution is 6.01. The number of methoxy groups -OCH3 is 1. The summed E-state index contributed by atoms with van der Waals surface area (Å²) in [6, 6.07) is 14.1.